The minimum Gasteiger partial charge on any atom is -0.411 e. The van der Waals surface area contributed by atoms with Crippen LogP contribution in [0, 0.1) is 11.8 Å². The van der Waals surface area contributed by atoms with Crippen molar-refractivity contribution in [1.29, 1.82) is 0 Å². The predicted octanol–water partition coefficient (Wildman–Crippen LogP) is 0.395. The smallest absolute Gasteiger partial charge is 0.270 e. The number of carbonyl (C=O) groups is 1. The van der Waals surface area contributed by atoms with Crippen LogP contribution in [0.4, 0.5) is 5.69 Å². The van der Waals surface area contributed by atoms with E-state index in [1.54, 1.807) is 24.3 Å². The van der Waals surface area contributed by atoms with Crippen LogP contribution in [0.3, 0.4) is 0 Å². The van der Waals surface area contributed by atoms with Crippen molar-refractivity contribution in [2.75, 3.05) is 11.9 Å². The van der Waals surface area contributed by atoms with E-state index in [1.807, 2.05) is 0 Å². The van der Waals surface area contributed by atoms with Crippen LogP contribution in [0.15, 0.2) is 29.4 Å². The van der Waals surface area contributed by atoms with Gasteiger partial charge < -0.3 is 16.3 Å². The molecular formula is C11H11N3O2. The Balaban J connectivity index is 2.91. The van der Waals surface area contributed by atoms with Gasteiger partial charge in [-0.3, -0.25) is 4.79 Å². The standard InChI is InChI=1S/C11H11N3O2/c12-7-3-5-9-4-1-2-6-10(9)14-11(15)8-13-16/h1-2,4,6,8,16H,7,12H2,(H,14,15). The maximum Gasteiger partial charge on any atom is 0.270 e. The normalized spacial score (nSPS) is 9.56. The van der Waals surface area contributed by atoms with Crippen molar-refractivity contribution in [2.45, 2.75) is 0 Å². The minimum absolute atomic E-state index is 0.250. The highest BCUT2D eigenvalue weighted by Gasteiger charge is 2.02. The zero-order valence-corrected chi connectivity index (χ0v) is 8.47. The van der Waals surface area contributed by atoms with Gasteiger partial charge in [0.15, 0.2) is 0 Å². The third-order valence-corrected chi connectivity index (χ3v) is 1.69. The number of para-hydroxylation sites is 1. The summed E-state index contributed by atoms with van der Waals surface area (Å²) in [7, 11) is 0. The van der Waals surface area contributed by atoms with E-state index >= 15 is 0 Å². The summed E-state index contributed by atoms with van der Waals surface area (Å²) in [5.74, 6) is 4.99. The summed E-state index contributed by atoms with van der Waals surface area (Å²) >= 11 is 0. The van der Waals surface area contributed by atoms with Gasteiger partial charge in [0.1, 0.15) is 6.21 Å². The summed E-state index contributed by atoms with van der Waals surface area (Å²) < 4.78 is 0. The van der Waals surface area contributed by atoms with Gasteiger partial charge >= 0.3 is 0 Å². The molecule has 0 heterocycles. The molecule has 5 heteroatoms. The molecule has 1 rings (SSSR count). The molecule has 1 aromatic carbocycles. The SMILES string of the molecule is NCC#Cc1ccccc1NC(=O)C=NO. The molecule has 0 atom stereocenters. The van der Waals surface area contributed by atoms with E-state index in [2.05, 4.69) is 22.3 Å². The van der Waals surface area contributed by atoms with E-state index in [0.29, 0.717) is 11.3 Å². The van der Waals surface area contributed by atoms with Crippen LogP contribution >= 0.6 is 0 Å². The van der Waals surface area contributed by atoms with Crippen molar-refractivity contribution in [1.82, 2.24) is 0 Å². The molecule has 5 nitrogen and oxygen atoms in total. The Bertz CT molecular complexity index is 458. The third-order valence-electron chi connectivity index (χ3n) is 1.69. The quantitative estimate of drug-likeness (QED) is 0.290. The largest absolute Gasteiger partial charge is 0.411 e. The lowest BCUT2D eigenvalue weighted by molar-refractivity contribution is -0.110. The topological polar surface area (TPSA) is 87.7 Å². The average molecular weight is 217 g/mol. The van der Waals surface area contributed by atoms with Gasteiger partial charge in [0.2, 0.25) is 0 Å². The molecule has 0 fully saturated rings. The van der Waals surface area contributed by atoms with E-state index in [0.717, 1.165) is 6.21 Å². The lowest BCUT2D eigenvalue weighted by Gasteiger charge is -2.03. The summed E-state index contributed by atoms with van der Waals surface area (Å²) in [6.07, 6.45) is 0.771. The zero-order valence-electron chi connectivity index (χ0n) is 8.47. The molecule has 0 aliphatic heterocycles. The van der Waals surface area contributed by atoms with E-state index in [9.17, 15) is 4.79 Å². The number of hydrogen-bond acceptors (Lipinski definition) is 4. The van der Waals surface area contributed by atoms with Gasteiger partial charge in [0, 0.05) is 5.56 Å². The number of nitrogens with one attached hydrogen (secondary N) is 1. The van der Waals surface area contributed by atoms with E-state index < -0.39 is 5.91 Å². The Labute approximate surface area is 93.0 Å². The molecule has 4 N–H and O–H groups in total. The number of nitrogens with zero attached hydrogens (tertiary/aromatic N) is 1. The second-order valence-electron chi connectivity index (χ2n) is 2.79. The fourth-order valence-corrected chi connectivity index (χ4v) is 1.06. The van der Waals surface area contributed by atoms with Crippen LogP contribution in [-0.2, 0) is 4.79 Å². The number of carbonyl (C=O) groups excluding carboxylic acids is 1. The highest BCUT2D eigenvalue weighted by molar-refractivity contribution is 6.31. The van der Waals surface area contributed by atoms with Crippen molar-refractivity contribution in [2.24, 2.45) is 10.9 Å². The summed E-state index contributed by atoms with van der Waals surface area (Å²) in [4.78, 5) is 11.1. The van der Waals surface area contributed by atoms with Crippen molar-refractivity contribution < 1.29 is 10.0 Å². The molecule has 0 aromatic heterocycles. The molecule has 1 amide bonds. The van der Waals surface area contributed by atoms with Gasteiger partial charge in [-0.15, -0.1) is 0 Å². The molecule has 0 saturated heterocycles. The van der Waals surface area contributed by atoms with Gasteiger partial charge in [-0.05, 0) is 12.1 Å². The first-order valence-electron chi connectivity index (χ1n) is 4.54. The average Bonchev–Trinajstić information content (AvgIpc) is 2.28. The number of amides is 1. The van der Waals surface area contributed by atoms with Crippen LogP contribution in [0.2, 0.25) is 0 Å². The number of benzene rings is 1. The molecule has 82 valence electrons. The summed E-state index contributed by atoms with van der Waals surface area (Å²) in [6.45, 7) is 0.250. The van der Waals surface area contributed by atoms with E-state index in [4.69, 9.17) is 10.9 Å². The molecule has 0 radical (unpaired) electrons. The number of nitrogens with two attached hydrogens (primary N) is 1. The van der Waals surface area contributed by atoms with E-state index in [1.165, 1.54) is 0 Å². The van der Waals surface area contributed by atoms with Crippen LogP contribution in [0.25, 0.3) is 0 Å². The number of rotatable bonds is 2. The molecular weight excluding hydrogens is 206 g/mol. The lowest BCUT2D eigenvalue weighted by atomic mass is 10.2. The second-order valence-corrected chi connectivity index (χ2v) is 2.79. The molecule has 0 saturated carbocycles. The monoisotopic (exact) mass is 217 g/mol. The van der Waals surface area contributed by atoms with Gasteiger partial charge in [-0.25, -0.2) is 0 Å². The molecule has 0 unspecified atom stereocenters. The van der Waals surface area contributed by atoms with Crippen LogP contribution in [0.5, 0.6) is 0 Å². The van der Waals surface area contributed by atoms with Gasteiger partial charge in [0.25, 0.3) is 5.91 Å². The Morgan fingerprint density at radius 1 is 1.56 bits per heavy atom. The summed E-state index contributed by atoms with van der Waals surface area (Å²) in [6, 6.07) is 7.02. The fraction of sp³-hybridized carbons (Fsp3) is 0.0909. The molecule has 1 aromatic rings. The number of hydrogen-bond donors (Lipinski definition) is 3. The highest BCUT2D eigenvalue weighted by atomic mass is 16.4. The minimum atomic E-state index is -0.524. The number of anilines is 1. The first kappa shape index (κ1) is 11.8. The molecule has 0 spiro atoms. The van der Waals surface area contributed by atoms with Gasteiger partial charge in [-0.2, -0.15) is 0 Å². The van der Waals surface area contributed by atoms with E-state index in [-0.39, 0.29) is 6.54 Å². The lowest BCUT2D eigenvalue weighted by Crippen LogP contribution is -2.13. The third kappa shape index (κ3) is 3.44. The van der Waals surface area contributed by atoms with Gasteiger partial charge in [0.05, 0.1) is 12.2 Å². The summed E-state index contributed by atoms with van der Waals surface area (Å²) in [5.41, 5.74) is 6.47. The fourth-order valence-electron chi connectivity index (χ4n) is 1.06. The molecule has 0 bridgehead atoms. The molecule has 16 heavy (non-hydrogen) atoms. The zero-order chi connectivity index (χ0) is 11.8. The Morgan fingerprint density at radius 3 is 3.00 bits per heavy atom. The maximum atomic E-state index is 11.1. The first-order chi connectivity index (χ1) is 7.77. The Kier molecular flexibility index (Phi) is 4.57. The van der Waals surface area contributed by atoms with Crippen molar-refractivity contribution >= 4 is 17.8 Å². The van der Waals surface area contributed by atoms with Crippen LogP contribution in [0.1, 0.15) is 5.56 Å². The van der Waals surface area contributed by atoms with Crippen LogP contribution in [-0.4, -0.2) is 23.9 Å². The highest BCUT2D eigenvalue weighted by Crippen LogP contribution is 2.12. The predicted molar refractivity (Wildman–Crippen MR) is 61.3 cm³/mol. The molecule has 0 aliphatic rings. The van der Waals surface area contributed by atoms with Crippen molar-refractivity contribution in [3.8, 4) is 11.8 Å². The second kappa shape index (κ2) is 6.22. The first-order valence-corrected chi connectivity index (χ1v) is 4.54. The van der Waals surface area contributed by atoms with Crippen molar-refractivity contribution in [3.05, 3.63) is 29.8 Å². The molecule has 0 aliphatic carbocycles. The Morgan fingerprint density at radius 2 is 2.31 bits per heavy atom. The maximum absolute atomic E-state index is 11.1. The van der Waals surface area contributed by atoms with Gasteiger partial charge in [-0.1, -0.05) is 29.1 Å². The van der Waals surface area contributed by atoms with Crippen molar-refractivity contribution in [3.63, 3.8) is 0 Å². The Hall–Kier alpha value is -2.32. The number of oxime groups is 1. The summed E-state index contributed by atoms with van der Waals surface area (Å²) in [5, 5.41) is 13.3. The van der Waals surface area contributed by atoms with Crippen LogP contribution < -0.4 is 11.1 Å².